The van der Waals surface area contributed by atoms with Crippen LogP contribution in [0.4, 0.5) is 0 Å². The van der Waals surface area contributed by atoms with Gasteiger partial charge in [0.25, 0.3) is 5.56 Å². The summed E-state index contributed by atoms with van der Waals surface area (Å²) in [5.41, 5.74) is 3.79. The number of aromatic amines is 1. The Morgan fingerprint density at radius 3 is 2.93 bits per heavy atom. The highest BCUT2D eigenvalue weighted by molar-refractivity contribution is 7.80. The number of rotatable bonds is 7. The van der Waals surface area contributed by atoms with Crippen molar-refractivity contribution in [2.24, 2.45) is 0 Å². The molecule has 2 aromatic rings. The van der Waals surface area contributed by atoms with Gasteiger partial charge in [-0.2, -0.15) is 0 Å². The maximum absolute atomic E-state index is 12.7. The molecule has 0 unspecified atom stereocenters. The van der Waals surface area contributed by atoms with E-state index >= 15 is 0 Å². The molecule has 2 N–H and O–H groups in total. The van der Waals surface area contributed by atoms with Gasteiger partial charge >= 0.3 is 0 Å². The first kappa shape index (κ1) is 20.8. The highest BCUT2D eigenvalue weighted by atomic mass is 32.1. The number of pyridine rings is 1. The van der Waals surface area contributed by atoms with Crippen LogP contribution < -0.4 is 10.9 Å². The second kappa shape index (κ2) is 9.49. The van der Waals surface area contributed by atoms with Crippen LogP contribution in [0.2, 0.25) is 0 Å². The number of H-pyrrole nitrogens is 1. The van der Waals surface area contributed by atoms with E-state index in [9.17, 15) is 4.79 Å². The van der Waals surface area contributed by atoms with E-state index in [-0.39, 0.29) is 11.7 Å². The number of hydrogen-bond acceptors (Lipinski definition) is 4. The normalized spacial score (nSPS) is 16.5. The van der Waals surface area contributed by atoms with Crippen molar-refractivity contribution in [1.29, 1.82) is 0 Å². The third kappa shape index (κ3) is 5.10. The second-order valence-corrected chi connectivity index (χ2v) is 7.79. The molecular weight excluding hydrogens is 374 g/mol. The van der Waals surface area contributed by atoms with E-state index in [0.29, 0.717) is 36.9 Å². The van der Waals surface area contributed by atoms with Crippen LogP contribution in [0.3, 0.4) is 0 Å². The van der Waals surface area contributed by atoms with E-state index in [1.54, 1.807) is 7.11 Å². The predicted molar refractivity (Wildman–Crippen MR) is 116 cm³/mol. The number of nitrogens with one attached hydrogen (secondary N) is 2. The topological polar surface area (TPSA) is 66.6 Å². The lowest BCUT2D eigenvalue weighted by Gasteiger charge is -2.28. The Balaban J connectivity index is 1.85. The van der Waals surface area contributed by atoms with Crippen LogP contribution in [0.15, 0.2) is 23.0 Å². The van der Waals surface area contributed by atoms with Gasteiger partial charge in [-0.05, 0) is 62.2 Å². The molecular formula is C21H29N3O3S. The molecule has 0 aliphatic carbocycles. The second-order valence-electron chi connectivity index (χ2n) is 7.41. The molecule has 1 saturated heterocycles. The smallest absolute Gasteiger partial charge is 0.253 e. The summed E-state index contributed by atoms with van der Waals surface area (Å²) in [5.74, 6) is 0. The summed E-state index contributed by atoms with van der Waals surface area (Å²) in [4.78, 5) is 17.8. The molecule has 3 rings (SSSR count). The van der Waals surface area contributed by atoms with Gasteiger partial charge in [0, 0.05) is 43.3 Å². The van der Waals surface area contributed by atoms with Crippen LogP contribution >= 0.6 is 12.2 Å². The molecule has 0 bridgehead atoms. The number of thiocarbonyl (C=S) groups is 1. The number of methoxy groups -OCH3 is 1. The molecule has 1 fully saturated rings. The largest absolute Gasteiger partial charge is 0.383 e. The number of ether oxygens (including phenoxy) is 2. The Bertz CT molecular complexity index is 890. The number of benzene rings is 1. The molecule has 1 aliphatic rings. The van der Waals surface area contributed by atoms with E-state index in [0.717, 1.165) is 41.5 Å². The van der Waals surface area contributed by atoms with Gasteiger partial charge in [0.2, 0.25) is 0 Å². The molecule has 0 amide bonds. The standard InChI is InChI=1S/C21H29N3O3S/c1-14-9-15(2)18-11-16(20(25)23-19(18)10-14)12-24(13-17-5-4-7-27-17)21(28)22-6-8-26-3/h9-11,17H,4-8,12-13H2,1-3H3,(H,22,28)(H,23,25)/t17-/m1/s1. The van der Waals surface area contributed by atoms with Crippen molar-refractivity contribution in [2.75, 3.05) is 33.4 Å². The first-order valence-corrected chi connectivity index (χ1v) is 10.1. The van der Waals surface area contributed by atoms with Gasteiger partial charge in [0.1, 0.15) is 0 Å². The van der Waals surface area contributed by atoms with E-state index in [1.807, 2.05) is 24.0 Å². The lowest BCUT2D eigenvalue weighted by molar-refractivity contribution is 0.0895. The fourth-order valence-electron chi connectivity index (χ4n) is 3.66. The number of aryl methyl sites for hydroxylation is 2. The number of nitrogens with zero attached hydrogens (tertiary/aromatic N) is 1. The molecule has 1 aliphatic heterocycles. The first-order chi connectivity index (χ1) is 13.5. The molecule has 1 atom stereocenters. The van der Waals surface area contributed by atoms with Crippen LogP contribution in [0.1, 0.15) is 29.5 Å². The minimum Gasteiger partial charge on any atom is -0.383 e. The monoisotopic (exact) mass is 403 g/mol. The van der Waals surface area contributed by atoms with E-state index in [2.05, 4.69) is 23.3 Å². The SMILES string of the molecule is COCCNC(=S)N(Cc1cc2c(C)cc(C)cc2[nH]c1=O)C[C@H]1CCCO1. The van der Waals surface area contributed by atoms with Crippen molar-refractivity contribution < 1.29 is 9.47 Å². The summed E-state index contributed by atoms with van der Waals surface area (Å²) in [5, 5.41) is 4.90. The van der Waals surface area contributed by atoms with Gasteiger partial charge in [-0.3, -0.25) is 4.79 Å². The third-order valence-corrected chi connectivity index (χ3v) is 5.47. The van der Waals surface area contributed by atoms with Gasteiger partial charge < -0.3 is 24.7 Å². The summed E-state index contributed by atoms with van der Waals surface area (Å²) < 4.78 is 10.9. The van der Waals surface area contributed by atoms with Crippen LogP contribution in [-0.4, -0.2) is 54.5 Å². The van der Waals surface area contributed by atoms with Crippen molar-refractivity contribution in [3.05, 3.63) is 45.2 Å². The summed E-state index contributed by atoms with van der Waals surface area (Å²) >= 11 is 5.60. The first-order valence-electron chi connectivity index (χ1n) is 9.74. The number of aromatic nitrogens is 1. The zero-order valence-electron chi connectivity index (χ0n) is 16.8. The zero-order chi connectivity index (χ0) is 20.1. The van der Waals surface area contributed by atoms with Gasteiger partial charge in [-0.1, -0.05) is 6.07 Å². The van der Waals surface area contributed by atoms with Crippen molar-refractivity contribution in [3.8, 4) is 0 Å². The van der Waals surface area contributed by atoms with Crippen molar-refractivity contribution in [3.63, 3.8) is 0 Å². The van der Waals surface area contributed by atoms with Crippen LogP contribution in [0.25, 0.3) is 10.9 Å². The van der Waals surface area contributed by atoms with Gasteiger partial charge in [0.05, 0.1) is 19.3 Å². The maximum Gasteiger partial charge on any atom is 0.253 e. The van der Waals surface area contributed by atoms with Crippen LogP contribution in [0, 0.1) is 13.8 Å². The molecule has 1 aromatic carbocycles. The fraction of sp³-hybridized carbons (Fsp3) is 0.524. The maximum atomic E-state index is 12.7. The highest BCUT2D eigenvalue weighted by Gasteiger charge is 2.22. The zero-order valence-corrected chi connectivity index (χ0v) is 17.7. The van der Waals surface area contributed by atoms with Crippen molar-refractivity contribution >= 4 is 28.2 Å². The van der Waals surface area contributed by atoms with Gasteiger partial charge in [-0.25, -0.2) is 0 Å². The fourth-order valence-corrected chi connectivity index (χ4v) is 3.91. The molecule has 1 aromatic heterocycles. The molecule has 0 radical (unpaired) electrons. The van der Waals surface area contributed by atoms with E-state index in [4.69, 9.17) is 21.7 Å². The Morgan fingerprint density at radius 1 is 1.39 bits per heavy atom. The van der Waals surface area contributed by atoms with Crippen LogP contribution in [-0.2, 0) is 16.0 Å². The van der Waals surface area contributed by atoms with E-state index < -0.39 is 0 Å². The lowest BCUT2D eigenvalue weighted by atomic mass is 10.0. The number of fused-ring (bicyclic) bond motifs is 1. The molecule has 7 heteroatoms. The predicted octanol–water partition coefficient (Wildman–Crippen LogP) is 2.65. The third-order valence-electron chi connectivity index (χ3n) is 5.07. The summed E-state index contributed by atoms with van der Waals surface area (Å²) in [6, 6.07) is 6.13. The summed E-state index contributed by atoms with van der Waals surface area (Å²) in [6.45, 7) is 7.20. The highest BCUT2D eigenvalue weighted by Crippen LogP contribution is 2.20. The minimum atomic E-state index is -0.0745. The molecule has 2 heterocycles. The molecule has 0 spiro atoms. The van der Waals surface area contributed by atoms with Gasteiger partial charge in [-0.15, -0.1) is 0 Å². The summed E-state index contributed by atoms with van der Waals surface area (Å²) in [6.07, 6.45) is 2.23. The van der Waals surface area contributed by atoms with Crippen LogP contribution in [0.5, 0.6) is 0 Å². The Morgan fingerprint density at radius 2 is 2.21 bits per heavy atom. The van der Waals surface area contributed by atoms with Crippen molar-refractivity contribution in [1.82, 2.24) is 15.2 Å². The number of hydrogen-bond donors (Lipinski definition) is 2. The van der Waals surface area contributed by atoms with E-state index in [1.165, 1.54) is 0 Å². The Hall–Kier alpha value is -1.96. The summed E-state index contributed by atoms with van der Waals surface area (Å²) in [7, 11) is 1.66. The average molecular weight is 404 g/mol. The Kier molecular flexibility index (Phi) is 7.04. The minimum absolute atomic E-state index is 0.0745. The van der Waals surface area contributed by atoms with Crippen molar-refractivity contribution in [2.45, 2.75) is 39.3 Å². The van der Waals surface area contributed by atoms with Gasteiger partial charge in [0.15, 0.2) is 5.11 Å². The molecule has 152 valence electrons. The average Bonchev–Trinajstić information content (AvgIpc) is 3.15. The lowest BCUT2D eigenvalue weighted by Crippen LogP contribution is -2.44. The molecule has 6 nitrogen and oxygen atoms in total. The Labute approximate surface area is 171 Å². The molecule has 0 saturated carbocycles. The molecule has 28 heavy (non-hydrogen) atoms. The quantitative estimate of drug-likeness (QED) is 0.547.